The van der Waals surface area contributed by atoms with Crippen LogP contribution in [0, 0.1) is 10.1 Å². The second kappa shape index (κ2) is 14.0. The minimum Gasteiger partial charge on any atom is -0.456 e. The summed E-state index contributed by atoms with van der Waals surface area (Å²) in [6, 6.07) is 27.0. The van der Waals surface area contributed by atoms with E-state index in [-0.39, 0.29) is 17.2 Å². The Morgan fingerprint density at radius 1 is 0.915 bits per heavy atom. The molecule has 0 saturated heterocycles. The summed E-state index contributed by atoms with van der Waals surface area (Å²) < 4.78 is 34.5. The molecule has 242 valence electrons. The van der Waals surface area contributed by atoms with E-state index in [2.05, 4.69) is 5.32 Å². The molecule has 0 fully saturated rings. The number of fused-ring (bicyclic) bond motifs is 1. The Kier molecular flexibility index (Phi) is 9.99. The molecule has 2 N–H and O–H groups in total. The second-order valence-corrected chi connectivity index (χ2v) is 15.3. The van der Waals surface area contributed by atoms with Gasteiger partial charge in [-0.1, -0.05) is 36.4 Å². The average Bonchev–Trinajstić information content (AvgIpc) is 3.47. The summed E-state index contributed by atoms with van der Waals surface area (Å²) in [5, 5.41) is 15.6. The number of nitro groups is 1. The Hall–Kier alpha value is -4.72. The third-order valence-corrected chi connectivity index (χ3v) is 10.2. The first-order valence-electron chi connectivity index (χ1n) is 14.4. The van der Waals surface area contributed by atoms with E-state index in [1.165, 1.54) is 35.6 Å². The van der Waals surface area contributed by atoms with Crippen molar-refractivity contribution < 1.29 is 27.7 Å². The minimum absolute atomic E-state index is 0.0878. The minimum atomic E-state index is -4.42. The van der Waals surface area contributed by atoms with Gasteiger partial charge in [0.05, 0.1) is 9.82 Å². The molecule has 13 heteroatoms. The molecule has 1 heterocycles. The molecule has 10 nitrogen and oxygen atoms in total. The van der Waals surface area contributed by atoms with Crippen LogP contribution in [0.1, 0.15) is 40.8 Å². The van der Waals surface area contributed by atoms with Crippen molar-refractivity contribution in [2.45, 2.75) is 36.2 Å². The Bertz CT molecular complexity index is 2050. The Morgan fingerprint density at radius 3 is 2.30 bits per heavy atom. The van der Waals surface area contributed by atoms with Crippen molar-refractivity contribution in [3.8, 4) is 11.1 Å². The molecule has 0 spiro atoms. The molecule has 0 aliphatic rings. The highest BCUT2D eigenvalue weighted by atomic mass is 32.2. The molecular formula is C34H31N3O7S3. The van der Waals surface area contributed by atoms with Crippen LogP contribution in [0.4, 0.5) is 11.4 Å². The number of anilines is 1. The molecule has 0 bridgehead atoms. The van der Waals surface area contributed by atoms with Crippen LogP contribution in [-0.4, -0.2) is 43.1 Å². The number of nitrogens with zero attached hydrogens (tertiary/aromatic N) is 1. The zero-order valence-electron chi connectivity index (χ0n) is 25.7. The lowest BCUT2D eigenvalue weighted by Gasteiger charge is -2.18. The number of ether oxygens (including phenoxy) is 1. The van der Waals surface area contributed by atoms with Gasteiger partial charge in [0.1, 0.15) is 16.2 Å². The number of amides is 1. The maximum Gasteiger partial charge on any atom is 0.348 e. The number of benzene rings is 4. The van der Waals surface area contributed by atoms with E-state index in [1.807, 2.05) is 74.0 Å². The fourth-order valence-corrected chi connectivity index (χ4v) is 7.26. The summed E-state index contributed by atoms with van der Waals surface area (Å²) in [5.74, 6) is -0.635. The summed E-state index contributed by atoms with van der Waals surface area (Å²) in [5.41, 5.74) is 0.849. The molecule has 47 heavy (non-hydrogen) atoms. The molecular weight excluding hydrogens is 659 g/mol. The largest absolute Gasteiger partial charge is 0.456 e. The maximum absolute atomic E-state index is 13.0. The van der Waals surface area contributed by atoms with Gasteiger partial charge >= 0.3 is 5.97 Å². The van der Waals surface area contributed by atoms with Gasteiger partial charge in [0, 0.05) is 33.5 Å². The van der Waals surface area contributed by atoms with E-state index < -0.39 is 37.0 Å². The number of rotatable bonds is 11. The third kappa shape index (κ3) is 8.56. The molecule has 5 aromatic rings. The number of esters is 1. The van der Waals surface area contributed by atoms with Gasteiger partial charge in [0.25, 0.3) is 21.6 Å². The smallest absolute Gasteiger partial charge is 0.348 e. The van der Waals surface area contributed by atoms with Crippen LogP contribution >= 0.6 is 23.1 Å². The zero-order chi connectivity index (χ0) is 33.8. The van der Waals surface area contributed by atoms with E-state index in [0.29, 0.717) is 17.2 Å². The van der Waals surface area contributed by atoms with Crippen molar-refractivity contribution >= 4 is 66.5 Å². The fourth-order valence-electron chi connectivity index (χ4n) is 4.56. The van der Waals surface area contributed by atoms with E-state index in [1.54, 1.807) is 30.0 Å². The van der Waals surface area contributed by atoms with Gasteiger partial charge in [0.15, 0.2) is 0 Å². The van der Waals surface area contributed by atoms with Crippen LogP contribution in [0.3, 0.4) is 0 Å². The average molecular weight is 690 g/mol. The molecule has 5 rings (SSSR count). The first-order chi connectivity index (χ1) is 22.3. The number of hydrogen-bond acceptors (Lipinski definition) is 10. The number of sulfonamides is 1. The number of nitro benzene ring substituents is 1. The lowest BCUT2D eigenvalue weighted by molar-refractivity contribution is -0.384. The van der Waals surface area contributed by atoms with E-state index >= 15 is 0 Å². The van der Waals surface area contributed by atoms with Gasteiger partial charge in [-0.3, -0.25) is 14.9 Å². The highest BCUT2D eigenvalue weighted by molar-refractivity contribution is 7.99. The van der Waals surface area contributed by atoms with Gasteiger partial charge in [-0.25, -0.2) is 17.9 Å². The van der Waals surface area contributed by atoms with Crippen LogP contribution in [-0.2, 0) is 14.8 Å². The molecule has 0 radical (unpaired) electrons. The quantitative estimate of drug-likeness (QED) is 0.0467. The molecule has 4 aromatic carbocycles. The van der Waals surface area contributed by atoms with Crippen LogP contribution in [0.15, 0.2) is 107 Å². The summed E-state index contributed by atoms with van der Waals surface area (Å²) >= 11 is 2.92. The number of nitrogens with one attached hydrogen (secondary N) is 2. The van der Waals surface area contributed by atoms with E-state index in [9.17, 15) is 28.1 Å². The summed E-state index contributed by atoms with van der Waals surface area (Å²) in [6.07, 6.45) is 0. The Labute approximate surface area is 280 Å². The SMILES string of the molecule is CC(C)(C)OC(=O)c1cc2cc(-c3ccc(C(=O)NS(=O)(=O)c4ccc(NCCSc5ccccc5)c([N+](=O)[O-])c4)cc3)ccc2s1. The Morgan fingerprint density at radius 2 is 1.62 bits per heavy atom. The van der Waals surface area contributed by atoms with Crippen LogP contribution < -0.4 is 10.0 Å². The third-order valence-electron chi connectivity index (χ3n) is 6.73. The molecule has 0 aliphatic heterocycles. The molecule has 0 saturated carbocycles. The van der Waals surface area contributed by atoms with Crippen molar-refractivity contribution in [1.82, 2.24) is 4.72 Å². The topological polar surface area (TPSA) is 145 Å². The molecule has 1 amide bonds. The summed E-state index contributed by atoms with van der Waals surface area (Å²) in [6.45, 7) is 5.84. The number of thiophene rings is 1. The van der Waals surface area contributed by atoms with Gasteiger partial charge in [-0.2, -0.15) is 0 Å². The van der Waals surface area contributed by atoms with Crippen molar-refractivity contribution in [3.63, 3.8) is 0 Å². The van der Waals surface area contributed by atoms with Crippen molar-refractivity contribution in [1.29, 1.82) is 0 Å². The van der Waals surface area contributed by atoms with Crippen molar-refractivity contribution in [2.75, 3.05) is 17.6 Å². The molecule has 0 atom stereocenters. The van der Waals surface area contributed by atoms with Gasteiger partial charge < -0.3 is 10.1 Å². The maximum atomic E-state index is 13.0. The zero-order valence-corrected chi connectivity index (χ0v) is 28.1. The van der Waals surface area contributed by atoms with E-state index in [4.69, 9.17) is 4.74 Å². The lowest BCUT2D eigenvalue weighted by Crippen LogP contribution is -2.30. The normalized spacial score (nSPS) is 11.6. The van der Waals surface area contributed by atoms with Gasteiger partial charge in [0.2, 0.25) is 0 Å². The molecule has 0 aliphatic carbocycles. The number of carbonyl (C=O) groups is 2. The number of thioether (sulfide) groups is 1. The Balaban J connectivity index is 1.25. The van der Waals surface area contributed by atoms with Crippen molar-refractivity contribution in [3.05, 3.63) is 118 Å². The highest BCUT2D eigenvalue weighted by Gasteiger charge is 2.24. The van der Waals surface area contributed by atoms with Crippen LogP contribution in [0.5, 0.6) is 0 Å². The summed E-state index contributed by atoms with van der Waals surface area (Å²) in [7, 11) is -4.42. The second-order valence-electron chi connectivity index (χ2n) is 11.4. The van der Waals surface area contributed by atoms with E-state index in [0.717, 1.165) is 32.2 Å². The van der Waals surface area contributed by atoms with Crippen molar-refractivity contribution in [2.24, 2.45) is 0 Å². The van der Waals surface area contributed by atoms with Crippen LogP contribution in [0.2, 0.25) is 0 Å². The van der Waals surface area contributed by atoms with Gasteiger partial charge in [-0.05, 0) is 91.9 Å². The lowest BCUT2D eigenvalue weighted by atomic mass is 10.0. The first-order valence-corrected chi connectivity index (χ1v) is 17.7. The fraction of sp³-hybridized carbons (Fsp3) is 0.176. The van der Waals surface area contributed by atoms with Crippen LogP contribution in [0.25, 0.3) is 21.2 Å². The standard InChI is InChI=1S/C34H31N3O7S3/c1-34(2,3)44-33(39)31-20-25-19-24(13-16-30(25)46-31)22-9-11-23(12-10-22)32(38)36-47(42,43)27-14-15-28(29(21-27)37(40)41)35-17-18-45-26-7-5-4-6-8-26/h4-16,19-21,35H,17-18H2,1-3H3,(H,36,38). The molecule has 0 unspecified atom stereocenters. The molecule has 1 aromatic heterocycles. The predicted octanol–water partition coefficient (Wildman–Crippen LogP) is 7.75. The summed E-state index contributed by atoms with van der Waals surface area (Å²) in [4.78, 5) is 37.7. The van der Waals surface area contributed by atoms with Gasteiger partial charge in [-0.15, -0.1) is 23.1 Å². The number of carbonyl (C=O) groups excluding carboxylic acids is 2. The number of hydrogen-bond donors (Lipinski definition) is 2. The first kappa shape index (κ1) is 33.6. The highest BCUT2D eigenvalue weighted by Crippen LogP contribution is 2.32. The monoisotopic (exact) mass is 689 g/mol. The predicted molar refractivity (Wildman–Crippen MR) is 186 cm³/mol.